The van der Waals surface area contributed by atoms with Crippen LogP contribution in [0.3, 0.4) is 0 Å². The molecule has 0 saturated carbocycles. The second-order valence-corrected chi connectivity index (χ2v) is 6.51. The molecule has 0 bridgehead atoms. The van der Waals surface area contributed by atoms with Crippen LogP contribution in [0, 0.1) is 6.92 Å². The van der Waals surface area contributed by atoms with Crippen LogP contribution in [-0.4, -0.2) is 36.3 Å². The van der Waals surface area contributed by atoms with Crippen LogP contribution in [0.4, 0.5) is 11.4 Å². The highest BCUT2D eigenvalue weighted by atomic mass is 16.2. The maximum atomic E-state index is 13.0. The van der Waals surface area contributed by atoms with Crippen LogP contribution in [0.15, 0.2) is 48.5 Å². The number of nitrogens with zero attached hydrogens (tertiary/aromatic N) is 2. The van der Waals surface area contributed by atoms with E-state index in [1.807, 2.05) is 55.3 Å². The maximum absolute atomic E-state index is 13.0. The fraction of sp³-hybridized carbons (Fsp3) is 0.300. The predicted molar refractivity (Wildman–Crippen MR) is 99.5 cm³/mol. The molecule has 1 aliphatic heterocycles. The van der Waals surface area contributed by atoms with Crippen molar-refractivity contribution < 1.29 is 9.59 Å². The van der Waals surface area contributed by atoms with Crippen LogP contribution in [0.5, 0.6) is 0 Å². The minimum absolute atomic E-state index is 0.0540. The third kappa shape index (κ3) is 3.56. The van der Waals surface area contributed by atoms with Crippen LogP contribution in [0.25, 0.3) is 0 Å². The third-order valence-corrected chi connectivity index (χ3v) is 4.74. The molecule has 0 fully saturated rings. The lowest BCUT2D eigenvalue weighted by atomic mass is 10.1. The lowest BCUT2D eigenvalue weighted by molar-refractivity contribution is -0.125. The second kappa shape index (κ2) is 7.07. The van der Waals surface area contributed by atoms with Crippen LogP contribution in [0.1, 0.15) is 18.1 Å². The minimum Gasteiger partial charge on any atom is -0.323 e. The first-order valence-electron chi connectivity index (χ1n) is 8.42. The summed E-state index contributed by atoms with van der Waals surface area (Å²) in [4.78, 5) is 28.6. The molecule has 5 nitrogen and oxygen atoms in total. The molecule has 1 heterocycles. The van der Waals surface area contributed by atoms with Gasteiger partial charge in [-0.2, -0.15) is 0 Å². The summed E-state index contributed by atoms with van der Waals surface area (Å²) in [6.45, 7) is 4.69. The van der Waals surface area contributed by atoms with Crippen molar-refractivity contribution in [3.8, 4) is 0 Å². The highest BCUT2D eigenvalue weighted by molar-refractivity contribution is 6.11. The quantitative estimate of drug-likeness (QED) is 0.933. The summed E-state index contributed by atoms with van der Waals surface area (Å²) in [5.41, 5.74) is 3.84. The fourth-order valence-corrected chi connectivity index (χ4v) is 3.04. The zero-order valence-electron chi connectivity index (χ0n) is 14.8. The molecular formula is C20H23N3O2. The monoisotopic (exact) mass is 337 g/mol. The molecule has 0 saturated heterocycles. The molecule has 0 spiro atoms. The maximum Gasteiger partial charge on any atom is 0.244 e. The lowest BCUT2D eigenvalue weighted by Gasteiger charge is -2.34. The van der Waals surface area contributed by atoms with E-state index in [0.717, 1.165) is 5.69 Å². The molecule has 0 aliphatic carbocycles. The van der Waals surface area contributed by atoms with Crippen LogP contribution < -0.4 is 10.2 Å². The van der Waals surface area contributed by atoms with Gasteiger partial charge in [0.15, 0.2) is 0 Å². The van der Waals surface area contributed by atoms with Crippen molar-refractivity contribution >= 4 is 23.2 Å². The highest BCUT2D eigenvalue weighted by Crippen LogP contribution is 2.29. The van der Waals surface area contributed by atoms with Crippen LogP contribution in [0.2, 0.25) is 0 Å². The average Bonchev–Trinajstić information content (AvgIpc) is 2.61. The number of carbonyl (C=O) groups is 2. The van der Waals surface area contributed by atoms with E-state index >= 15 is 0 Å². The zero-order valence-corrected chi connectivity index (χ0v) is 14.8. The molecule has 5 heteroatoms. The summed E-state index contributed by atoms with van der Waals surface area (Å²) in [5.74, 6) is -0.237. The van der Waals surface area contributed by atoms with E-state index in [-0.39, 0.29) is 24.4 Å². The Morgan fingerprint density at radius 1 is 1.20 bits per heavy atom. The number of hydrogen-bond donors (Lipinski definition) is 1. The summed E-state index contributed by atoms with van der Waals surface area (Å²) >= 11 is 0. The number of rotatable bonds is 4. The molecule has 2 aromatic rings. The van der Waals surface area contributed by atoms with Gasteiger partial charge in [0.25, 0.3) is 0 Å². The number of nitrogens with one attached hydrogen (secondary N) is 1. The van der Waals surface area contributed by atoms with Gasteiger partial charge in [0.05, 0.1) is 17.4 Å². The lowest BCUT2D eigenvalue weighted by Crippen LogP contribution is -2.50. The molecule has 2 amide bonds. The third-order valence-electron chi connectivity index (χ3n) is 4.74. The van der Waals surface area contributed by atoms with E-state index in [2.05, 4.69) is 24.4 Å². The Hall–Kier alpha value is -2.66. The number of benzene rings is 2. The summed E-state index contributed by atoms with van der Waals surface area (Å²) in [7, 11) is 1.94. The van der Waals surface area contributed by atoms with Crippen molar-refractivity contribution in [1.29, 1.82) is 0 Å². The Balaban J connectivity index is 1.78. The molecule has 0 unspecified atom stereocenters. The Morgan fingerprint density at radius 2 is 1.88 bits per heavy atom. The Kier molecular flexibility index (Phi) is 4.86. The van der Waals surface area contributed by atoms with Crippen molar-refractivity contribution in [1.82, 2.24) is 4.90 Å². The zero-order chi connectivity index (χ0) is 18.0. The highest BCUT2D eigenvalue weighted by Gasteiger charge is 2.31. The first-order chi connectivity index (χ1) is 12.0. The average molecular weight is 337 g/mol. The van der Waals surface area contributed by atoms with E-state index in [1.165, 1.54) is 11.1 Å². The molecule has 25 heavy (non-hydrogen) atoms. The van der Waals surface area contributed by atoms with Gasteiger partial charge in [-0.05, 0) is 44.2 Å². The molecule has 1 aliphatic rings. The van der Waals surface area contributed by atoms with Crippen molar-refractivity contribution in [2.75, 3.05) is 23.8 Å². The predicted octanol–water partition coefficient (Wildman–Crippen LogP) is 2.80. The topological polar surface area (TPSA) is 52.7 Å². The Morgan fingerprint density at radius 3 is 2.64 bits per heavy atom. The normalized spacial score (nSPS) is 14.9. The van der Waals surface area contributed by atoms with Crippen LogP contribution >= 0.6 is 0 Å². The summed E-state index contributed by atoms with van der Waals surface area (Å²) in [6, 6.07) is 15.2. The van der Waals surface area contributed by atoms with Crippen molar-refractivity contribution in [2.24, 2.45) is 0 Å². The number of anilines is 2. The van der Waals surface area contributed by atoms with Gasteiger partial charge in [-0.1, -0.05) is 36.4 Å². The van der Waals surface area contributed by atoms with Crippen LogP contribution in [-0.2, 0) is 16.1 Å². The summed E-state index contributed by atoms with van der Waals surface area (Å²) in [5, 5.41) is 2.81. The summed E-state index contributed by atoms with van der Waals surface area (Å²) < 4.78 is 0. The number of aryl methyl sites for hydroxylation is 1. The summed E-state index contributed by atoms with van der Waals surface area (Å²) in [6.07, 6.45) is 0. The van der Waals surface area contributed by atoms with Gasteiger partial charge in [0, 0.05) is 6.54 Å². The molecule has 0 aromatic heterocycles. The number of fused-ring (bicyclic) bond motifs is 1. The van der Waals surface area contributed by atoms with E-state index in [4.69, 9.17) is 0 Å². The van der Waals surface area contributed by atoms with Gasteiger partial charge in [0.1, 0.15) is 6.54 Å². The largest absolute Gasteiger partial charge is 0.323 e. The first kappa shape index (κ1) is 17.2. The number of hydrogen-bond acceptors (Lipinski definition) is 3. The molecule has 130 valence electrons. The van der Waals surface area contributed by atoms with E-state index in [1.54, 1.807) is 4.90 Å². The molecular weight excluding hydrogens is 314 g/mol. The van der Waals surface area contributed by atoms with E-state index < -0.39 is 0 Å². The smallest absolute Gasteiger partial charge is 0.244 e. The van der Waals surface area contributed by atoms with E-state index in [9.17, 15) is 9.59 Å². The van der Waals surface area contributed by atoms with Crippen molar-refractivity contribution in [3.05, 3.63) is 59.7 Å². The van der Waals surface area contributed by atoms with Gasteiger partial charge in [0.2, 0.25) is 11.8 Å². The molecule has 0 radical (unpaired) electrons. The Labute approximate surface area is 148 Å². The SMILES string of the molecule is Cc1ccccc1CN(C)[C@H](C)C(=O)N1CC(=O)Nc2ccccc21. The van der Waals surface area contributed by atoms with Crippen molar-refractivity contribution in [3.63, 3.8) is 0 Å². The Bertz CT molecular complexity index is 803. The number of para-hydroxylation sites is 2. The van der Waals surface area contributed by atoms with Gasteiger partial charge in [-0.25, -0.2) is 0 Å². The molecule has 1 N–H and O–H groups in total. The van der Waals surface area contributed by atoms with Crippen molar-refractivity contribution in [2.45, 2.75) is 26.4 Å². The number of amides is 2. The van der Waals surface area contributed by atoms with Gasteiger partial charge in [-0.15, -0.1) is 0 Å². The number of likely N-dealkylation sites (N-methyl/N-ethyl adjacent to an activating group) is 1. The first-order valence-corrected chi connectivity index (χ1v) is 8.42. The van der Waals surface area contributed by atoms with E-state index in [0.29, 0.717) is 12.2 Å². The fourth-order valence-electron chi connectivity index (χ4n) is 3.04. The molecule has 3 rings (SSSR count). The van der Waals surface area contributed by atoms with Gasteiger partial charge < -0.3 is 5.32 Å². The second-order valence-electron chi connectivity index (χ2n) is 6.51. The number of carbonyl (C=O) groups excluding carboxylic acids is 2. The van der Waals surface area contributed by atoms with Gasteiger partial charge >= 0.3 is 0 Å². The minimum atomic E-state index is -0.335. The standard InChI is InChI=1S/C20H23N3O2/c1-14-8-4-5-9-16(14)12-22(3)15(2)20(25)23-13-19(24)21-17-10-6-7-11-18(17)23/h4-11,15H,12-13H2,1-3H3,(H,21,24)/t15-/m1/s1. The molecule has 2 aromatic carbocycles. The van der Waals surface area contributed by atoms with Gasteiger partial charge in [-0.3, -0.25) is 19.4 Å². The molecule has 1 atom stereocenters.